The predicted octanol–water partition coefficient (Wildman–Crippen LogP) is 2.06. The fourth-order valence-electron chi connectivity index (χ4n) is 2.52. The average Bonchev–Trinajstić information content (AvgIpc) is 2.82. The van der Waals surface area contributed by atoms with Gasteiger partial charge in [0.15, 0.2) is 5.13 Å². The summed E-state index contributed by atoms with van der Waals surface area (Å²) in [5, 5.41) is 10.4. The minimum Gasteiger partial charge on any atom is -0.391 e. The third kappa shape index (κ3) is 3.02. The van der Waals surface area contributed by atoms with Crippen LogP contribution in [0.5, 0.6) is 0 Å². The van der Waals surface area contributed by atoms with Gasteiger partial charge in [-0.2, -0.15) is 0 Å². The van der Waals surface area contributed by atoms with Gasteiger partial charge < -0.3 is 14.7 Å². The van der Waals surface area contributed by atoms with E-state index in [0.717, 1.165) is 41.8 Å². The molecule has 1 aliphatic heterocycles. The molecule has 18 heavy (non-hydrogen) atoms. The van der Waals surface area contributed by atoms with Crippen LogP contribution in [0.2, 0.25) is 0 Å². The van der Waals surface area contributed by atoms with Crippen molar-refractivity contribution in [3.8, 4) is 0 Å². The number of piperidine rings is 1. The summed E-state index contributed by atoms with van der Waals surface area (Å²) in [6, 6.07) is 0. The van der Waals surface area contributed by atoms with Crippen LogP contribution in [-0.4, -0.2) is 36.9 Å². The molecule has 0 amide bonds. The van der Waals surface area contributed by atoms with Crippen molar-refractivity contribution in [1.82, 2.24) is 4.98 Å². The third-order valence-corrected chi connectivity index (χ3v) is 4.58. The number of aliphatic hydroxyl groups is 1. The van der Waals surface area contributed by atoms with Gasteiger partial charge in [-0.25, -0.2) is 4.98 Å². The molecule has 1 aliphatic rings. The summed E-state index contributed by atoms with van der Waals surface area (Å²) in [7, 11) is 1.77. The van der Waals surface area contributed by atoms with Crippen LogP contribution in [0.4, 0.5) is 5.13 Å². The fourth-order valence-corrected chi connectivity index (χ4v) is 3.56. The molecule has 1 saturated heterocycles. The van der Waals surface area contributed by atoms with Gasteiger partial charge in [0.2, 0.25) is 0 Å². The molecule has 5 heteroatoms. The molecule has 1 N–H and O–H groups in total. The van der Waals surface area contributed by atoms with Gasteiger partial charge in [0.05, 0.1) is 23.8 Å². The lowest BCUT2D eigenvalue weighted by Gasteiger charge is -2.32. The van der Waals surface area contributed by atoms with Crippen LogP contribution in [0.1, 0.15) is 30.3 Å². The summed E-state index contributed by atoms with van der Waals surface area (Å²) in [6.07, 6.45) is 3.33. The fraction of sp³-hybridized carbons (Fsp3) is 0.769. The molecule has 102 valence electrons. The lowest BCUT2D eigenvalue weighted by atomic mass is 9.99. The van der Waals surface area contributed by atoms with Crippen molar-refractivity contribution in [2.45, 2.75) is 32.8 Å². The largest absolute Gasteiger partial charge is 0.391 e. The summed E-state index contributed by atoms with van der Waals surface area (Å²) in [5.74, 6) is 0.607. The zero-order valence-corrected chi connectivity index (χ0v) is 12.0. The summed E-state index contributed by atoms with van der Waals surface area (Å²) in [5.41, 5.74) is 1.05. The van der Waals surface area contributed by atoms with E-state index in [-0.39, 0.29) is 6.61 Å². The van der Waals surface area contributed by atoms with Gasteiger partial charge in [-0.15, -0.1) is 0 Å². The van der Waals surface area contributed by atoms with Crippen LogP contribution in [0.3, 0.4) is 0 Å². The van der Waals surface area contributed by atoms with Gasteiger partial charge in [-0.3, -0.25) is 0 Å². The van der Waals surface area contributed by atoms with Crippen molar-refractivity contribution in [3.05, 3.63) is 10.6 Å². The van der Waals surface area contributed by atoms with Gasteiger partial charge in [-0.05, 0) is 25.2 Å². The maximum Gasteiger partial charge on any atom is 0.185 e. The molecule has 0 aromatic carbocycles. The number of anilines is 1. The second kappa shape index (κ2) is 6.50. The summed E-state index contributed by atoms with van der Waals surface area (Å²) in [4.78, 5) is 8.02. The normalized spacial score (nSPS) is 20.4. The van der Waals surface area contributed by atoms with Crippen molar-refractivity contribution in [2.24, 2.45) is 5.92 Å². The van der Waals surface area contributed by atoms with Crippen LogP contribution in [-0.2, 0) is 17.8 Å². The Morgan fingerprint density at radius 3 is 3.00 bits per heavy atom. The first-order valence-electron chi connectivity index (χ1n) is 6.61. The second-order valence-corrected chi connectivity index (χ2v) is 5.85. The molecule has 1 aromatic heterocycles. The Bertz CT molecular complexity index is 358. The number of ether oxygens (including phenoxy) is 1. The molecule has 2 rings (SSSR count). The first-order chi connectivity index (χ1) is 8.78. The molecule has 0 radical (unpaired) electrons. The molecule has 1 fully saturated rings. The van der Waals surface area contributed by atoms with Crippen LogP contribution < -0.4 is 4.90 Å². The van der Waals surface area contributed by atoms with Crippen LogP contribution in [0.15, 0.2) is 0 Å². The van der Waals surface area contributed by atoms with E-state index in [2.05, 4.69) is 16.8 Å². The number of aliphatic hydroxyl groups excluding tert-OH is 1. The first kappa shape index (κ1) is 13.8. The highest BCUT2D eigenvalue weighted by atomic mass is 32.1. The third-order valence-electron chi connectivity index (χ3n) is 3.44. The number of rotatable bonds is 5. The zero-order chi connectivity index (χ0) is 13.0. The van der Waals surface area contributed by atoms with E-state index < -0.39 is 0 Å². The Balaban J connectivity index is 2.08. The number of hydrogen-bond acceptors (Lipinski definition) is 5. The molecule has 0 bridgehead atoms. The zero-order valence-electron chi connectivity index (χ0n) is 11.2. The number of aryl methyl sites for hydroxylation is 1. The molecule has 4 nitrogen and oxygen atoms in total. The first-order valence-corrected chi connectivity index (χ1v) is 7.43. The molecule has 0 saturated carbocycles. The highest BCUT2D eigenvalue weighted by Crippen LogP contribution is 2.30. The maximum absolute atomic E-state index is 9.33. The molecule has 2 heterocycles. The maximum atomic E-state index is 9.33. The number of thiazole rings is 1. The Kier molecular flexibility index (Phi) is 4.97. The van der Waals surface area contributed by atoms with E-state index in [4.69, 9.17) is 4.74 Å². The number of hydrogen-bond donors (Lipinski definition) is 1. The molecule has 0 spiro atoms. The SMILES string of the molecule is CCc1nc(N2CCCC(COC)C2)sc1CO. The summed E-state index contributed by atoms with van der Waals surface area (Å²) >= 11 is 1.63. The summed E-state index contributed by atoms with van der Waals surface area (Å²) in [6.45, 7) is 5.12. The van der Waals surface area contributed by atoms with Crippen LogP contribution >= 0.6 is 11.3 Å². The average molecular weight is 270 g/mol. The Morgan fingerprint density at radius 2 is 2.39 bits per heavy atom. The van der Waals surface area contributed by atoms with Crippen molar-refractivity contribution in [2.75, 3.05) is 31.7 Å². The molecule has 1 atom stereocenters. The van der Waals surface area contributed by atoms with Crippen LogP contribution in [0, 0.1) is 5.92 Å². The highest BCUT2D eigenvalue weighted by molar-refractivity contribution is 7.15. The van der Waals surface area contributed by atoms with E-state index in [9.17, 15) is 5.11 Å². The molecule has 1 unspecified atom stereocenters. The van der Waals surface area contributed by atoms with E-state index in [1.165, 1.54) is 12.8 Å². The van der Waals surface area contributed by atoms with Crippen molar-refractivity contribution in [1.29, 1.82) is 0 Å². The van der Waals surface area contributed by atoms with E-state index in [1.54, 1.807) is 18.4 Å². The van der Waals surface area contributed by atoms with Gasteiger partial charge in [-0.1, -0.05) is 18.3 Å². The topological polar surface area (TPSA) is 45.6 Å². The second-order valence-electron chi connectivity index (χ2n) is 4.79. The number of nitrogens with zero attached hydrogens (tertiary/aromatic N) is 2. The quantitative estimate of drug-likeness (QED) is 0.889. The minimum atomic E-state index is 0.107. The van der Waals surface area contributed by atoms with Gasteiger partial charge >= 0.3 is 0 Å². The Hall–Kier alpha value is -0.650. The Morgan fingerprint density at radius 1 is 1.56 bits per heavy atom. The van der Waals surface area contributed by atoms with Gasteiger partial charge in [0.25, 0.3) is 0 Å². The van der Waals surface area contributed by atoms with Crippen molar-refractivity contribution >= 4 is 16.5 Å². The lowest BCUT2D eigenvalue weighted by Crippen LogP contribution is -2.37. The molecular weight excluding hydrogens is 248 g/mol. The molecule has 1 aromatic rings. The Labute approximate surface area is 113 Å². The van der Waals surface area contributed by atoms with E-state index in [1.807, 2.05) is 0 Å². The van der Waals surface area contributed by atoms with Gasteiger partial charge in [0, 0.05) is 20.2 Å². The summed E-state index contributed by atoms with van der Waals surface area (Å²) < 4.78 is 5.25. The predicted molar refractivity (Wildman–Crippen MR) is 74.2 cm³/mol. The smallest absolute Gasteiger partial charge is 0.185 e. The number of aromatic nitrogens is 1. The minimum absolute atomic E-state index is 0.107. The monoisotopic (exact) mass is 270 g/mol. The number of methoxy groups -OCH3 is 1. The lowest BCUT2D eigenvalue weighted by molar-refractivity contribution is 0.143. The highest BCUT2D eigenvalue weighted by Gasteiger charge is 2.23. The van der Waals surface area contributed by atoms with E-state index >= 15 is 0 Å². The molecular formula is C13H22N2O2S. The van der Waals surface area contributed by atoms with E-state index in [0.29, 0.717) is 5.92 Å². The van der Waals surface area contributed by atoms with Crippen molar-refractivity contribution < 1.29 is 9.84 Å². The standard InChI is InChI=1S/C13H22N2O2S/c1-3-11-12(8-16)18-13(14-11)15-6-4-5-10(7-15)9-17-2/h10,16H,3-9H2,1-2H3. The van der Waals surface area contributed by atoms with Gasteiger partial charge in [0.1, 0.15) is 0 Å². The van der Waals surface area contributed by atoms with Crippen LogP contribution in [0.25, 0.3) is 0 Å². The van der Waals surface area contributed by atoms with Crippen molar-refractivity contribution in [3.63, 3.8) is 0 Å². The molecule has 0 aliphatic carbocycles.